The van der Waals surface area contributed by atoms with E-state index in [2.05, 4.69) is 18.7 Å². The zero-order valence-electron chi connectivity index (χ0n) is 12.8. The molecule has 0 aliphatic carbocycles. The molecule has 0 saturated carbocycles. The Morgan fingerprint density at radius 2 is 1.95 bits per heavy atom. The molecule has 0 bridgehead atoms. The van der Waals surface area contributed by atoms with Crippen LogP contribution in [0.15, 0.2) is 28.4 Å². The van der Waals surface area contributed by atoms with Crippen molar-refractivity contribution in [3.63, 3.8) is 0 Å². The Balaban J connectivity index is 2.07. The van der Waals surface area contributed by atoms with Gasteiger partial charge in [-0.05, 0) is 36.5 Å². The number of methoxy groups -OCH3 is 1. The largest absolute Gasteiger partial charge is 0.497 e. The molecule has 112 valence electrons. The average Bonchev–Trinajstić information content (AvgIpc) is 2.46. The molecule has 1 aromatic heterocycles. The zero-order chi connectivity index (χ0) is 15.0. The van der Waals surface area contributed by atoms with Gasteiger partial charge in [-0.15, -0.1) is 11.3 Å². The van der Waals surface area contributed by atoms with Crippen molar-refractivity contribution in [3.05, 3.63) is 33.8 Å². The number of piperidine rings is 1. The second-order valence-corrected chi connectivity index (χ2v) is 7.07. The van der Waals surface area contributed by atoms with Crippen molar-refractivity contribution < 1.29 is 4.74 Å². The minimum Gasteiger partial charge on any atom is -0.497 e. The molecule has 0 radical (unpaired) electrons. The summed E-state index contributed by atoms with van der Waals surface area (Å²) in [5.74, 6) is 2.02. The molecule has 1 fully saturated rings. The summed E-state index contributed by atoms with van der Waals surface area (Å²) in [4.78, 5) is 15.1. The number of rotatable bonds is 2. The Labute approximate surface area is 129 Å². The summed E-state index contributed by atoms with van der Waals surface area (Å²) in [5.41, 5.74) is 0.975. The van der Waals surface area contributed by atoms with E-state index in [4.69, 9.17) is 4.74 Å². The molecule has 2 aromatic rings. The SMILES string of the molecule is COc1ccc2scc(N3CC(C)CC(C)C3)c(=O)c2c1. The lowest BCUT2D eigenvalue weighted by atomic mass is 9.91. The lowest BCUT2D eigenvalue weighted by Gasteiger charge is -2.36. The fourth-order valence-electron chi connectivity index (χ4n) is 3.30. The highest BCUT2D eigenvalue weighted by atomic mass is 32.1. The van der Waals surface area contributed by atoms with E-state index in [0.717, 1.165) is 34.6 Å². The number of ether oxygens (including phenoxy) is 1. The van der Waals surface area contributed by atoms with E-state index < -0.39 is 0 Å². The molecule has 1 aromatic carbocycles. The summed E-state index contributed by atoms with van der Waals surface area (Å²) in [6, 6.07) is 5.73. The number of benzene rings is 1. The van der Waals surface area contributed by atoms with Gasteiger partial charge in [-0.1, -0.05) is 13.8 Å². The van der Waals surface area contributed by atoms with Crippen molar-refractivity contribution in [2.75, 3.05) is 25.1 Å². The molecule has 0 N–H and O–H groups in total. The standard InChI is InChI=1S/C17H21NO2S/c1-11-6-12(2)9-18(8-11)15-10-21-16-5-4-13(20-3)7-14(16)17(15)19/h4-5,7,10-12H,6,8-9H2,1-3H3. The molecule has 1 aliphatic heterocycles. The van der Waals surface area contributed by atoms with Gasteiger partial charge in [0.2, 0.25) is 5.43 Å². The van der Waals surface area contributed by atoms with Crippen LogP contribution in [0.2, 0.25) is 0 Å². The summed E-state index contributed by atoms with van der Waals surface area (Å²) >= 11 is 1.64. The molecule has 1 saturated heterocycles. The van der Waals surface area contributed by atoms with E-state index >= 15 is 0 Å². The Morgan fingerprint density at radius 3 is 2.62 bits per heavy atom. The first-order chi connectivity index (χ1) is 10.1. The molecule has 21 heavy (non-hydrogen) atoms. The van der Waals surface area contributed by atoms with Gasteiger partial charge in [0.15, 0.2) is 0 Å². The van der Waals surface area contributed by atoms with Gasteiger partial charge in [0.05, 0.1) is 12.8 Å². The first-order valence-electron chi connectivity index (χ1n) is 7.43. The molecule has 0 spiro atoms. The van der Waals surface area contributed by atoms with Gasteiger partial charge in [0, 0.05) is 28.6 Å². The summed E-state index contributed by atoms with van der Waals surface area (Å²) in [6.45, 7) is 6.48. The third-order valence-electron chi connectivity index (χ3n) is 4.17. The van der Waals surface area contributed by atoms with Gasteiger partial charge in [0.1, 0.15) is 5.75 Å². The Morgan fingerprint density at radius 1 is 1.24 bits per heavy atom. The average molecular weight is 303 g/mol. The first kappa shape index (κ1) is 14.4. The van der Waals surface area contributed by atoms with Crippen LogP contribution in [0.5, 0.6) is 5.75 Å². The lowest BCUT2D eigenvalue weighted by Crippen LogP contribution is -2.40. The molecule has 2 unspecified atom stereocenters. The number of nitrogens with zero attached hydrogens (tertiary/aromatic N) is 1. The number of fused-ring (bicyclic) bond motifs is 1. The van der Waals surface area contributed by atoms with Gasteiger partial charge in [0.25, 0.3) is 0 Å². The monoisotopic (exact) mass is 303 g/mol. The van der Waals surface area contributed by atoms with Gasteiger partial charge in [-0.25, -0.2) is 0 Å². The molecule has 0 amide bonds. The van der Waals surface area contributed by atoms with Crippen molar-refractivity contribution in [1.29, 1.82) is 0 Å². The second kappa shape index (κ2) is 5.68. The molecular weight excluding hydrogens is 282 g/mol. The number of hydrogen-bond donors (Lipinski definition) is 0. The smallest absolute Gasteiger partial charge is 0.211 e. The highest BCUT2D eigenvalue weighted by Crippen LogP contribution is 2.28. The van der Waals surface area contributed by atoms with Crippen molar-refractivity contribution in [3.8, 4) is 5.75 Å². The molecule has 1 aliphatic rings. The van der Waals surface area contributed by atoms with Crippen LogP contribution in [0.25, 0.3) is 10.1 Å². The summed E-state index contributed by atoms with van der Waals surface area (Å²) in [7, 11) is 1.63. The van der Waals surface area contributed by atoms with Crippen LogP contribution in [0, 0.1) is 11.8 Å². The Hall–Kier alpha value is -1.55. The van der Waals surface area contributed by atoms with E-state index in [9.17, 15) is 4.79 Å². The maximum Gasteiger partial charge on any atom is 0.211 e. The highest BCUT2D eigenvalue weighted by Gasteiger charge is 2.24. The van der Waals surface area contributed by atoms with Crippen LogP contribution in [0.3, 0.4) is 0 Å². The maximum atomic E-state index is 12.8. The second-order valence-electron chi connectivity index (χ2n) is 6.16. The van der Waals surface area contributed by atoms with Crippen LogP contribution in [0.1, 0.15) is 20.3 Å². The quantitative estimate of drug-likeness (QED) is 0.846. The van der Waals surface area contributed by atoms with E-state index in [-0.39, 0.29) is 5.43 Å². The number of anilines is 1. The summed E-state index contributed by atoms with van der Waals surface area (Å²) in [6.07, 6.45) is 1.25. The molecule has 2 heterocycles. The highest BCUT2D eigenvalue weighted by molar-refractivity contribution is 7.16. The number of hydrogen-bond acceptors (Lipinski definition) is 4. The maximum absolute atomic E-state index is 12.8. The van der Waals surface area contributed by atoms with Crippen LogP contribution >= 0.6 is 11.3 Å². The van der Waals surface area contributed by atoms with Gasteiger partial charge in [-0.3, -0.25) is 4.79 Å². The predicted molar refractivity (Wildman–Crippen MR) is 89.8 cm³/mol. The predicted octanol–water partition coefficient (Wildman–Crippen LogP) is 3.75. The molecule has 3 nitrogen and oxygen atoms in total. The fraction of sp³-hybridized carbons (Fsp3) is 0.471. The minimum atomic E-state index is 0.129. The van der Waals surface area contributed by atoms with Gasteiger partial charge >= 0.3 is 0 Å². The van der Waals surface area contributed by atoms with Crippen molar-refractivity contribution >= 4 is 27.1 Å². The first-order valence-corrected chi connectivity index (χ1v) is 8.31. The van der Waals surface area contributed by atoms with Crippen LogP contribution < -0.4 is 15.1 Å². The Kier molecular flexibility index (Phi) is 3.89. The van der Waals surface area contributed by atoms with E-state index in [1.807, 2.05) is 23.6 Å². The molecular formula is C17H21NO2S. The van der Waals surface area contributed by atoms with Crippen LogP contribution in [-0.4, -0.2) is 20.2 Å². The topological polar surface area (TPSA) is 29.5 Å². The third-order valence-corrected chi connectivity index (χ3v) is 5.12. The summed E-state index contributed by atoms with van der Waals surface area (Å²) in [5, 5.41) is 2.78. The van der Waals surface area contributed by atoms with E-state index in [1.54, 1.807) is 18.4 Å². The zero-order valence-corrected chi connectivity index (χ0v) is 13.6. The third kappa shape index (κ3) is 2.77. The minimum absolute atomic E-state index is 0.129. The van der Waals surface area contributed by atoms with Gasteiger partial charge in [-0.2, -0.15) is 0 Å². The molecule has 4 heteroatoms. The van der Waals surface area contributed by atoms with E-state index in [0.29, 0.717) is 11.8 Å². The van der Waals surface area contributed by atoms with Crippen LogP contribution in [0.4, 0.5) is 5.69 Å². The molecule has 3 rings (SSSR count). The fourth-order valence-corrected chi connectivity index (χ4v) is 4.22. The van der Waals surface area contributed by atoms with Crippen molar-refractivity contribution in [1.82, 2.24) is 0 Å². The Bertz CT molecular complexity index is 699. The molecule has 2 atom stereocenters. The van der Waals surface area contributed by atoms with Gasteiger partial charge < -0.3 is 9.64 Å². The summed E-state index contributed by atoms with van der Waals surface area (Å²) < 4.78 is 6.27. The lowest BCUT2D eigenvalue weighted by molar-refractivity contribution is 0.356. The van der Waals surface area contributed by atoms with Crippen LogP contribution in [-0.2, 0) is 0 Å². The van der Waals surface area contributed by atoms with Crippen molar-refractivity contribution in [2.24, 2.45) is 11.8 Å². The van der Waals surface area contributed by atoms with Crippen molar-refractivity contribution in [2.45, 2.75) is 20.3 Å². The van der Waals surface area contributed by atoms with E-state index in [1.165, 1.54) is 6.42 Å². The normalized spacial score (nSPS) is 22.5.